The van der Waals surface area contributed by atoms with Gasteiger partial charge in [-0.1, -0.05) is 23.2 Å². The van der Waals surface area contributed by atoms with Gasteiger partial charge in [-0.15, -0.1) is 10.2 Å². The van der Waals surface area contributed by atoms with Crippen molar-refractivity contribution in [2.75, 3.05) is 5.32 Å². The number of H-pyrrole nitrogens is 1. The predicted molar refractivity (Wildman–Crippen MR) is 101 cm³/mol. The topological polar surface area (TPSA) is 116 Å². The van der Waals surface area contributed by atoms with Crippen molar-refractivity contribution in [3.8, 4) is 17.5 Å². The second-order valence-electron chi connectivity index (χ2n) is 5.38. The molecule has 4 aromatic rings. The summed E-state index contributed by atoms with van der Waals surface area (Å²) in [5.41, 5.74) is 2.82. The molecule has 2 N–H and O–H groups in total. The van der Waals surface area contributed by atoms with Crippen LogP contribution in [-0.4, -0.2) is 25.6 Å². The van der Waals surface area contributed by atoms with E-state index < -0.39 is 0 Å². The van der Waals surface area contributed by atoms with Crippen LogP contribution in [0.15, 0.2) is 47.0 Å². The average Bonchev–Trinajstić information content (AvgIpc) is 3.31. The molecular weight excluding hydrogens is 389 g/mol. The first-order valence-corrected chi connectivity index (χ1v) is 8.36. The van der Waals surface area contributed by atoms with Crippen molar-refractivity contribution < 1.29 is 4.42 Å². The number of aromatic nitrogens is 5. The number of anilines is 1. The molecule has 0 aliphatic heterocycles. The molecule has 0 aliphatic rings. The molecule has 27 heavy (non-hydrogen) atoms. The van der Waals surface area contributed by atoms with E-state index in [-0.39, 0.29) is 11.4 Å². The maximum absolute atomic E-state index is 9.19. The molecule has 0 radical (unpaired) electrons. The quantitative estimate of drug-likeness (QED) is 0.493. The Labute approximate surface area is 162 Å². The Morgan fingerprint density at radius 3 is 2.85 bits per heavy atom. The van der Waals surface area contributed by atoms with Crippen molar-refractivity contribution in [3.05, 3.63) is 58.5 Å². The van der Waals surface area contributed by atoms with Crippen LogP contribution in [0.3, 0.4) is 0 Å². The standard InChI is InChI=1S/C17H9Cl2N7O/c18-10-1-3-12(13(19)5-10)17-22-14-6-11(2-4-15(14)27-17)21-8-9(7-20)16-23-25-26-24-16/h1-6,8,21H,(H,23,24,25,26). The molecule has 2 heterocycles. The Kier molecular flexibility index (Phi) is 4.46. The Morgan fingerprint density at radius 1 is 1.22 bits per heavy atom. The van der Waals surface area contributed by atoms with Gasteiger partial charge in [0, 0.05) is 16.9 Å². The Morgan fingerprint density at radius 2 is 2.11 bits per heavy atom. The zero-order valence-electron chi connectivity index (χ0n) is 13.4. The van der Waals surface area contributed by atoms with Gasteiger partial charge in [-0.3, -0.25) is 0 Å². The highest BCUT2D eigenvalue weighted by Gasteiger charge is 2.12. The summed E-state index contributed by atoms with van der Waals surface area (Å²) in [6, 6.07) is 12.5. The normalized spacial score (nSPS) is 11.5. The number of hydrogen-bond acceptors (Lipinski definition) is 7. The van der Waals surface area contributed by atoms with E-state index in [4.69, 9.17) is 27.6 Å². The van der Waals surface area contributed by atoms with Gasteiger partial charge in [0.05, 0.1) is 10.6 Å². The Hall–Kier alpha value is -3.41. The highest BCUT2D eigenvalue weighted by molar-refractivity contribution is 6.36. The number of aromatic amines is 1. The average molecular weight is 398 g/mol. The van der Waals surface area contributed by atoms with Gasteiger partial charge in [0.1, 0.15) is 17.2 Å². The molecule has 0 saturated carbocycles. The van der Waals surface area contributed by atoms with Crippen molar-refractivity contribution in [1.82, 2.24) is 25.6 Å². The van der Waals surface area contributed by atoms with E-state index >= 15 is 0 Å². The molecule has 0 spiro atoms. The molecule has 0 atom stereocenters. The van der Waals surface area contributed by atoms with Crippen molar-refractivity contribution >= 4 is 45.6 Å². The molecule has 10 heteroatoms. The lowest BCUT2D eigenvalue weighted by Crippen LogP contribution is -1.92. The molecule has 0 unspecified atom stereocenters. The highest BCUT2D eigenvalue weighted by atomic mass is 35.5. The molecule has 132 valence electrons. The molecule has 2 aromatic heterocycles. The van der Waals surface area contributed by atoms with E-state index in [1.165, 1.54) is 6.20 Å². The van der Waals surface area contributed by atoms with E-state index in [1.807, 2.05) is 6.07 Å². The molecule has 4 rings (SSSR count). The number of nitrogens with zero attached hydrogens (tertiary/aromatic N) is 5. The first-order valence-electron chi connectivity index (χ1n) is 7.60. The second-order valence-corrected chi connectivity index (χ2v) is 6.22. The molecule has 0 amide bonds. The Bertz CT molecular complexity index is 1190. The van der Waals surface area contributed by atoms with Crippen LogP contribution in [0.5, 0.6) is 0 Å². The third kappa shape index (κ3) is 3.46. The van der Waals surface area contributed by atoms with Crippen LogP contribution < -0.4 is 5.32 Å². The number of allylic oxidation sites excluding steroid dienone is 1. The summed E-state index contributed by atoms with van der Waals surface area (Å²) >= 11 is 12.1. The fraction of sp³-hybridized carbons (Fsp3) is 0. The largest absolute Gasteiger partial charge is 0.436 e. The number of fused-ring (bicyclic) bond motifs is 1. The van der Waals surface area contributed by atoms with Gasteiger partial charge < -0.3 is 9.73 Å². The minimum absolute atomic E-state index is 0.201. The summed E-state index contributed by atoms with van der Waals surface area (Å²) in [6.45, 7) is 0. The third-order valence-corrected chi connectivity index (χ3v) is 4.19. The van der Waals surface area contributed by atoms with Crippen molar-refractivity contribution in [1.29, 1.82) is 5.26 Å². The fourth-order valence-corrected chi connectivity index (χ4v) is 2.86. The van der Waals surface area contributed by atoms with Gasteiger partial charge >= 0.3 is 0 Å². The third-order valence-electron chi connectivity index (χ3n) is 3.64. The van der Waals surface area contributed by atoms with E-state index in [9.17, 15) is 5.26 Å². The van der Waals surface area contributed by atoms with E-state index in [2.05, 4.69) is 30.9 Å². The van der Waals surface area contributed by atoms with Gasteiger partial charge in [-0.25, -0.2) is 4.98 Å². The van der Waals surface area contributed by atoms with E-state index in [1.54, 1.807) is 36.4 Å². The molecule has 2 aromatic carbocycles. The van der Waals surface area contributed by atoms with Crippen LogP contribution in [0.2, 0.25) is 10.0 Å². The summed E-state index contributed by atoms with van der Waals surface area (Å²) < 4.78 is 5.77. The lowest BCUT2D eigenvalue weighted by molar-refractivity contribution is 0.620. The number of rotatable bonds is 4. The lowest BCUT2D eigenvalue weighted by atomic mass is 10.2. The number of hydrogen-bond donors (Lipinski definition) is 2. The monoisotopic (exact) mass is 397 g/mol. The first-order chi connectivity index (χ1) is 13.1. The predicted octanol–water partition coefficient (Wildman–Crippen LogP) is 4.29. The van der Waals surface area contributed by atoms with E-state index in [0.29, 0.717) is 38.3 Å². The van der Waals surface area contributed by atoms with Gasteiger partial charge in [0.15, 0.2) is 5.58 Å². The molecule has 0 fully saturated rings. The summed E-state index contributed by atoms with van der Waals surface area (Å²) in [5, 5.41) is 26.5. The first kappa shape index (κ1) is 17.0. The number of oxazole rings is 1. The van der Waals surface area contributed by atoms with Crippen molar-refractivity contribution in [2.24, 2.45) is 0 Å². The maximum atomic E-state index is 9.19. The summed E-state index contributed by atoms with van der Waals surface area (Å²) in [4.78, 5) is 4.47. The van der Waals surface area contributed by atoms with Gasteiger partial charge in [-0.05, 0) is 41.6 Å². The maximum Gasteiger partial charge on any atom is 0.228 e. The van der Waals surface area contributed by atoms with Crippen LogP contribution in [0.1, 0.15) is 5.82 Å². The van der Waals surface area contributed by atoms with Gasteiger partial charge in [0.25, 0.3) is 0 Å². The lowest BCUT2D eigenvalue weighted by Gasteiger charge is -2.00. The number of nitriles is 1. The molecule has 0 aliphatic carbocycles. The van der Waals surface area contributed by atoms with Crippen LogP contribution >= 0.6 is 23.2 Å². The fourth-order valence-electron chi connectivity index (χ4n) is 2.37. The minimum Gasteiger partial charge on any atom is -0.436 e. The van der Waals surface area contributed by atoms with Crippen LogP contribution in [0.4, 0.5) is 5.69 Å². The molecule has 8 nitrogen and oxygen atoms in total. The van der Waals surface area contributed by atoms with Crippen LogP contribution in [0, 0.1) is 11.3 Å². The van der Waals surface area contributed by atoms with Gasteiger partial charge in [0.2, 0.25) is 11.7 Å². The summed E-state index contributed by atoms with van der Waals surface area (Å²) in [5.74, 6) is 0.594. The number of nitrogens with one attached hydrogen (secondary N) is 2. The SMILES string of the molecule is N#CC(=CNc1ccc2oc(-c3ccc(Cl)cc3Cl)nc2c1)c1nn[nH]n1. The van der Waals surface area contributed by atoms with Gasteiger partial charge in [-0.2, -0.15) is 10.5 Å². The van der Waals surface area contributed by atoms with Crippen LogP contribution in [-0.2, 0) is 0 Å². The molecular formula is C17H9Cl2N7O. The zero-order chi connectivity index (χ0) is 18.8. The zero-order valence-corrected chi connectivity index (χ0v) is 15.0. The van der Waals surface area contributed by atoms with Crippen LogP contribution in [0.25, 0.3) is 28.1 Å². The van der Waals surface area contributed by atoms with E-state index in [0.717, 1.165) is 0 Å². The highest BCUT2D eigenvalue weighted by Crippen LogP contribution is 2.32. The van der Waals surface area contributed by atoms with Crippen molar-refractivity contribution in [3.63, 3.8) is 0 Å². The summed E-state index contributed by atoms with van der Waals surface area (Å²) in [7, 11) is 0. The number of benzene rings is 2. The molecule has 0 saturated heterocycles. The molecule has 0 bridgehead atoms. The summed E-state index contributed by atoms with van der Waals surface area (Å²) in [6.07, 6.45) is 1.49. The van der Waals surface area contributed by atoms with Crippen molar-refractivity contribution in [2.45, 2.75) is 0 Å². The minimum atomic E-state index is 0.201. The smallest absolute Gasteiger partial charge is 0.228 e. The Balaban J connectivity index is 1.64. The second kappa shape index (κ2) is 7.07. The number of halogens is 2. The number of tetrazole rings is 1.